The summed E-state index contributed by atoms with van der Waals surface area (Å²) in [5.74, 6) is -0.735. The van der Waals surface area contributed by atoms with Gasteiger partial charge in [0.25, 0.3) is 0 Å². The molecule has 0 aliphatic rings. The van der Waals surface area contributed by atoms with Gasteiger partial charge in [-0.05, 0) is 12.3 Å². The summed E-state index contributed by atoms with van der Waals surface area (Å²) in [4.78, 5) is 5.12. The van der Waals surface area contributed by atoms with Gasteiger partial charge in [-0.25, -0.2) is 0 Å². The number of aromatic nitrogens is 2. The predicted octanol–water partition coefficient (Wildman–Crippen LogP) is 2.37. The zero-order valence-electron chi connectivity index (χ0n) is 10.5. The number of rotatable bonds is 5. The lowest BCUT2D eigenvalue weighted by Gasteiger charge is -2.20. The van der Waals surface area contributed by atoms with E-state index in [1.54, 1.807) is 11.9 Å². The number of anilines is 1. The number of alkyl halides is 3. The Morgan fingerprint density at radius 2 is 2.00 bits per heavy atom. The number of nitrogens with zero attached hydrogens (tertiary/aromatic N) is 3. The molecular weight excluding hydrogens is 265 g/mol. The van der Waals surface area contributed by atoms with E-state index in [0.29, 0.717) is 18.9 Å². The molecule has 104 valence electrons. The summed E-state index contributed by atoms with van der Waals surface area (Å²) in [5.41, 5.74) is 5.88. The maximum atomic E-state index is 12.3. The second-order valence-corrected chi connectivity index (χ2v) is 5.25. The Morgan fingerprint density at radius 1 is 1.39 bits per heavy atom. The minimum atomic E-state index is -4.48. The maximum Gasteiger partial charge on any atom is 0.452 e. The first-order valence-corrected chi connectivity index (χ1v) is 6.36. The van der Waals surface area contributed by atoms with Crippen LogP contribution in [0.15, 0.2) is 0 Å². The van der Waals surface area contributed by atoms with E-state index >= 15 is 0 Å². The van der Waals surface area contributed by atoms with Crippen LogP contribution in [0, 0.1) is 5.92 Å². The highest BCUT2D eigenvalue weighted by atomic mass is 32.1. The van der Waals surface area contributed by atoms with Crippen molar-refractivity contribution in [2.75, 3.05) is 18.5 Å². The molecule has 0 aliphatic carbocycles. The fourth-order valence-corrected chi connectivity index (χ4v) is 1.93. The average Bonchev–Trinajstić information content (AvgIpc) is 2.73. The Balaban J connectivity index is 2.57. The number of nitrogens with two attached hydrogens (primary N) is 1. The highest BCUT2D eigenvalue weighted by Gasteiger charge is 2.36. The molecule has 1 aromatic rings. The zero-order valence-corrected chi connectivity index (χ0v) is 11.3. The monoisotopic (exact) mass is 282 g/mol. The van der Waals surface area contributed by atoms with Gasteiger partial charge in [-0.3, -0.25) is 0 Å². The molecule has 0 aromatic carbocycles. The fourth-order valence-electron chi connectivity index (χ4n) is 1.26. The van der Waals surface area contributed by atoms with Crippen LogP contribution in [0.3, 0.4) is 0 Å². The molecule has 0 bridgehead atoms. The minimum Gasteiger partial charge on any atom is -0.350 e. The molecule has 1 rings (SSSR count). The summed E-state index contributed by atoms with van der Waals surface area (Å²) >= 11 is 0.749. The molecule has 0 fully saturated rings. The van der Waals surface area contributed by atoms with Crippen molar-refractivity contribution < 1.29 is 13.2 Å². The van der Waals surface area contributed by atoms with Gasteiger partial charge in [-0.2, -0.15) is 22.5 Å². The first-order valence-electron chi connectivity index (χ1n) is 5.59. The smallest absolute Gasteiger partial charge is 0.350 e. The molecule has 8 heteroatoms. The van der Waals surface area contributed by atoms with Crippen molar-refractivity contribution in [3.63, 3.8) is 0 Å². The van der Waals surface area contributed by atoms with Gasteiger partial charge in [0.15, 0.2) is 0 Å². The number of hydrogen-bond acceptors (Lipinski definition) is 5. The lowest BCUT2D eigenvalue weighted by Crippen LogP contribution is -2.31. The maximum absolute atomic E-state index is 12.3. The van der Waals surface area contributed by atoms with Crippen molar-refractivity contribution in [1.82, 2.24) is 9.36 Å². The van der Waals surface area contributed by atoms with Crippen molar-refractivity contribution in [2.24, 2.45) is 11.7 Å². The first kappa shape index (κ1) is 15.2. The molecule has 2 N–H and O–H groups in total. The molecule has 4 nitrogen and oxygen atoms in total. The zero-order chi connectivity index (χ0) is 13.9. The van der Waals surface area contributed by atoms with Gasteiger partial charge in [0.05, 0.1) is 0 Å². The van der Waals surface area contributed by atoms with E-state index < -0.39 is 12.0 Å². The predicted molar refractivity (Wildman–Crippen MR) is 65.6 cm³/mol. The van der Waals surface area contributed by atoms with E-state index in [9.17, 15) is 13.2 Å². The summed E-state index contributed by atoms with van der Waals surface area (Å²) in [6.07, 6.45) is -3.78. The van der Waals surface area contributed by atoms with Gasteiger partial charge >= 0.3 is 6.18 Å². The quantitative estimate of drug-likeness (QED) is 0.901. The Hall–Kier alpha value is -0.890. The van der Waals surface area contributed by atoms with Crippen molar-refractivity contribution in [1.29, 1.82) is 0 Å². The van der Waals surface area contributed by atoms with Crippen LogP contribution in [0.2, 0.25) is 0 Å². The highest BCUT2D eigenvalue weighted by Crippen LogP contribution is 2.29. The van der Waals surface area contributed by atoms with Crippen LogP contribution in [0.1, 0.15) is 26.1 Å². The third kappa shape index (κ3) is 4.09. The molecule has 0 saturated carbocycles. The molecule has 1 atom stereocenters. The number of halogens is 3. The highest BCUT2D eigenvalue weighted by molar-refractivity contribution is 7.09. The summed E-state index contributed by atoms with van der Waals surface area (Å²) in [5, 5.41) is 0.262. The van der Waals surface area contributed by atoms with E-state index in [1.807, 2.05) is 13.8 Å². The van der Waals surface area contributed by atoms with Crippen molar-refractivity contribution >= 4 is 16.7 Å². The van der Waals surface area contributed by atoms with E-state index in [4.69, 9.17) is 5.73 Å². The summed E-state index contributed by atoms with van der Waals surface area (Å²) in [6.45, 7) is 4.58. The molecule has 0 spiro atoms. The van der Waals surface area contributed by atoms with Gasteiger partial charge in [-0.1, -0.05) is 13.8 Å². The van der Waals surface area contributed by atoms with Crippen LogP contribution in [0.5, 0.6) is 0 Å². The molecule has 0 radical (unpaired) electrons. The molecule has 0 aliphatic heterocycles. The largest absolute Gasteiger partial charge is 0.452 e. The number of hydrogen-bond donors (Lipinski definition) is 1. The summed E-state index contributed by atoms with van der Waals surface area (Å²) < 4.78 is 40.3. The lowest BCUT2D eigenvalue weighted by atomic mass is 10.0. The van der Waals surface area contributed by atoms with Crippen molar-refractivity contribution in [2.45, 2.75) is 32.5 Å². The van der Waals surface area contributed by atoms with Crippen molar-refractivity contribution in [3.8, 4) is 0 Å². The topological polar surface area (TPSA) is 55.0 Å². The molecule has 0 saturated heterocycles. The van der Waals surface area contributed by atoms with Crippen LogP contribution >= 0.6 is 11.5 Å². The van der Waals surface area contributed by atoms with E-state index in [1.165, 1.54) is 0 Å². The van der Waals surface area contributed by atoms with E-state index in [0.717, 1.165) is 11.5 Å². The molecule has 1 heterocycles. The van der Waals surface area contributed by atoms with Crippen LogP contribution < -0.4 is 10.6 Å². The molecule has 0 amide bonds. The molecular formula is C10H17F3N4S. The standard InChI is InChI=1S/C10H17F3N4S/c1-6(2)7(14)4-5-17(3)9-15-8(16-18-9)10(11,12)13/h6-7H,4-5,14H2,1-3H3. The Labute approximate surface area is 108 Å². The fraction of sp³-hybridized carbons (Fsp3) is 0.800. The van der Waals surface area contributed by atoms with Gasteiger partial charge < -0.3 is 10.6 Å². The molecule has 1 unspecified atom stereocenters. The second-order valence-electron chi connectivity index (χ2n) is 4.52. The Bertz CT molecular complexity index is 377. The van der Waals surface area contributed by atoms with Gasteiger partial charge in [0, 0.05) is 31.2 Å². The van der Waals surface area contributed by atoms with Crippen LogP contribution in [-0.2, 0) is 6.18 Å². The molecule has 1 aromatic heterocycles. The van der Waals surface area contributed by atoms with Crippen LogP contribution in [-0.4, -0.2) is 29.0 Å². The minimum absolute atomic E-state index is 0.0301. The Morgan fingerprint density at radius 3 is 2.44 bits per heavy atom. The normalized spacial score (nSPS) is 14.0. The average molecular weight is 282 g/mol. The SMILES string of the molecule is CC(C)C(N)CCN(C)c1nc(C(F)(F)F)ns1. The second kappa shape index (κ2) is 5.83. The lowest BCUT2D eigenvalue weighted by molar-refractivity contribution is -0.144. The van der Waals surface area contributed by atoms with Crippen LogP contribution in [0.4, 0.5) is 18.3 Å². The third-order valence-corrected chi connectivity index (χ3v) is 3.48. The summed E-state index contributed by atoms with van der Waals surface area (Å²) in [7, 11) is 1.69. The van der Waals surface area contributed by atoms with E-state index in [-0.39, 0.29) is 11.2 Å². The first-order chi connectivity index (χ1) is 8.21. The van der Waals surface area contributed by atoms with E-state index in [2.05, 4.69) is 9.36 Å². The third-order valence-electron chi connectivity index (χ3n) is 2.65. The van der Waals surface area contributed by atoms with Gasteiger partial charge in [0.1, 0.15) is 0 Å². The van der Waals surface area contributed by atoms with Crippen molar-refractivity contribution in [3.05, 3.63) is 5.82 Å². The summed E-state index contributed by atoms with van der Waals surface area (Å²) in [6, 6.07) is 0.0301. The molecule has 18 heavy (non-hydrogen) atoms. The van der Waals surface area contributed by atoms with Gasteiger partial charge in [0.2, 0.25) is 11.0 Å². The Kier molecular flexibility index (Phi) is 4.92. The van der Waals surface area contributed by atoms with Crippen LogP contribution in [0.25, 0.3) is 0 Å². The van der Waals surface area contributed by atoms with Gasteiger partial charge in [-0.15, -0.1) is 0 Å².